The van der Waals surface area contributed by atoms with Crippen LogP contribution in [0, 0.1) is 13.8 Å². The van der Waals surface area contributed by atoms with E-state index in [1.165, 1.54) is 22.5 Å². The molecule has 1 fully saturated rings. The maximum atomic E-state index is 5.39. The predicted octanol–water partition coefficient (Wildman–Crippen LogP) is 4.70. The Balaban J connectivity index is 1.57. The molecule has 3 aromatic rings. The Bertz CT molecular complexity index is 927. The molecule has 0 aliphatic carbocycles. The minimum Gasteiger partial charge on any atom is -0.481 e. The molecule has 1 saturated heterocycles. The number of rotatable bonds is 4. The van der Waals surface area contributed by atoms with E-state index in [2.05, 4.69) is 78.2 Å². The number of hydrogen-bond donors (Lipinski definition) is 0. The van der Waals surface area contributed by atoms with E-state index in [1.54, 1.807) is 7.11 Å². The summed E-state index contributed by atoms with van der Waals surface area (Å²) in [6.07, 6.45) is 0. The summed E-state index contributed by atoms with van der Waals surface area (Å²) in [5.41, 5.74) is 7.14. The molecule has 4 rings (SSSR count). The predicted molar refractivity (Wildman–Crippen MR) is 117 cm³/mol. The van der Waals surface area contributed by atoms with Crippen molar-refractivity contribution in [2.24, 2.45) is 0 Å². The van der Waals surface area contributed by atoms with Gasteiger partial charge in [0.05, 0.1) is 18.5 Å². The Morgan fingerprint density at radius 3 is 1.89 bits per heavy atom. The molecule has 0 amide bonds. The van der Waals surface area contributed by atoms with Crippen LogP contribution in [0.4, 0.5) is 11.4 Å². The van der Waals surface area contributed by atoms with Gasteiger partial charge in [-0.3, -0.25) is 0 Å². The number of pyridine rings is 1. The molecule has 1 aliphatic heterocycles. The number of aryl methyl sites for hydroxylation is 2. The van der Waals surface area contributed by atoms with Crippen molar-refractivity contribution in [2.75, 3.05) is 43.1 Å². The van der Waals surface area contributed by atoms with Gasteiger partial charge in [-0.25, -0.2) is 4.98 Å². The van der Waals surface area contributed by atoms with Crippen molar-refractivity contribution in [2.45, 2.75) is 13.8 Å². The van der Waals surface area contributed by atoms with Crippen molar-refractivity contribution in [1.29, 1.82) is 0 Å². The Hall–Kier alpha value is -3.01. The Kier molecular flexibility index (Phi) is 5.20. The van der Waals surface area contributed by atoms with Crippen LogP contribution in [0.15, 0.2) is 60.7 Å². The molecule has 0 N–H and O–H groups in total. The van der Waals surface area contributed by atoms with Crippen molar-refractivity contribution >= 4 is 11.4 Å². The highest BCUT2D eigenvalue weighted by molar-refractivity contribution is 5.76. The second kappa shape index (κ2) is 7.93. The van der Waals surface area contributed by atoms with Crippen molar-refractivity contribution in [1.82, 2.24) is 4.98 Å². The van der Waals surface area contributed by atoms with Crippen LogP contribution in [-0.2, 0) is 0 Å². The van der Waals surface area contributed by atoms with Crippen molar-refractivity contribution in [3.8, 4) is 17.1 Å². The highest BCUT2D eigenvalue weighted by atomic mass is 16.5. The van der Waals surface area contributed by atoms with E-state index in [9.17, 15) is 0 Å². The lowest BCUT2D eigenvalue weighted by Crippen LogP contribution is -2.46. The van der Waals surface area contributed by atoms with Crippen molar-refractivity contribution in [3.05, 3.63) is 71.8 Å². The van der Waals surface area contributed by atoms with Crippen LogP contribution in [0.3, 0.4) is 0 Å². The lowest BCUT2D eigenvalue weighted by molar-refractivity contribution is 0.398. The molecule has 0 radical (unpaired) electrons. The largest absolute Gasteiger partial charge is 0.481 e. The molecule has 1 aliphatic rings. The number of ether oxygens (including phenoxy) is 1. The van der Waals surface area contributed by atoms with Crippen molar-refractivity contribution < 1.29 is 4.74 Å². The summed E-state index contributed by atoms with van der Waals surface area (Å²) < 4.78 is 5.39. The van der Waals surface area contributed by atoms with Crippen LogP contribution < -0.4 is 14.5 Å². The van der Waals surface area contributed by atoms with E-state index in [0.29, 0.717) is 5.88 Å². The lowest BCUT2D eigenvalue weighted by atomic mass is 10.1. The van der Waals surface area contributed by atoms with Gasteiger partial charge in [0.25, 0.3) is 0 Å². The second-order valence-corrected chi connectivity index (χ2v) is 7.40. The number of nitrogens with zero attached hydrogens (tertiary/aromatic N) is 3. The molecule has 4 nitrogen and oxygen atoms in total. The SMILES string of the molecule is COc1ccc(N2CCN(c3ccc(C)cc3)CC2)c(-c2ccc(C)cc2)n1. The van der Waals surface area contributed by atoms with Crippen molar-refractivity contribution in [3.63, 3.8) is 0 Å². The summed E-state index contributed by atoms with van der Waals surface area (Å²) in [6, 6.07) is 21.5. The Morgan fingerprint density at radius 1 is 0.714 bits per heavy atom. The van der Waals surface area contributed by atoms with Gasteiger partial charge in [-0.05, 0) is 32.0 Å². The summed E-state index contributed by atoms with van der Waals surface area (Å²) in [7, 11) is 1.67. The molecular formula is C24H27N3O. The molecule has 2 heterocycles. The van der Waals surface area contributed by atoms with Crippen LogP contribution in [0.25, 0.3) is 11.3 Å². The topological polar surface area (TPSA) is 28.6 Å². The molecular weight excluding hydrogens is 346 g/mol. The molecule has 0 bridgehead atoms. The monoisotopic (exact) mass is 373 g/mol. The second-order valence-electron chi connectivity index (χ2n) is 7.40. The van der Waals surface area contributed by atoms with Gasteiger partial charge >= 0.3 is 0 Å². The average Bonchev–Trinajstić information content (AvgIpc) is 2.75. The molecule has 0 spiro atoms. The highest BCUT2D eigenvalue weighted by Crippen LogP contribution is 2.32. The van der Waals surface area contributed by atoms with Gasteiger partial charge in [0.2, 0.25) is 5.88 Å². The fourth-order valence-corrected chi connectivity index (χ4v) is 3.69. The Morgan fingerprint density at radius 2 is 1.29 bits per heavy atom. The molecule has 1 aromatic heterocycles. The first kappa shape index (κ1) is 18.4. The number of piperazine rings is 1. The van der Waals surface area contributed by atoms with Gasteiger partial charge in [0.15, 0.2) is 0 Å². The van der Waals surface area contributed by atoms with Gasteiger partial charge in [-0.15, -0.1) is 0 Å². The van der Waals surface area contributed by atoms with Crippen LogP contribution in [0.2, 0.25) is 0 Å². The quantitative estimate of drug-likeness (QED) is 0.663. The highest BCUT2D eigenvalue weighted by Gasteiger charge is 2.21. The number of methoxy groups -OCH3 is 1. The zero-order valence-electron chi connectivity index (χ0n) is 16.9. The average molecular weight is 374 g/mol. The van der Waals surface area contributed by atoms with Crippen LogP contribution in [-0.4, -0.2) is 38.3 Å². The normalized spacial score (nSPS) is 14.2. The van der Waals surface area contributed by atoms with E-state index in [4.69, 9.17) is 9.72 Å². The van der Waals surface area contributed by atoms with Gasteiger partial charge in [0.1, 0.15) is 0 Å². The first-order chi connectivity index (χ1) is 13.6. The minimum absolute atomic E-state index is 0.651. The molecule has 0 unspecified atom stereocenters. The molecule has 0 saturated carbocycles. The van der Waals surface area contributed by atoms with E-state index in [0.717, 1.165) is 37.4 Å². The zero-order chi connectivity index (χ0) is 19.5. The molecule has 144 valence electrons. The van der Waals surface area contributed by atoms with Gasteiger partial charge in [-0.1, -0.05) is 47.5 Å². The maximum Gasteiger partial charge on any atom is 0.213 e. The summed E-state index contributed by atoms with van der Waals surface area (Å²) in [5.74, 6) is 0.651. The number of benzene rings is 2. The van der Waals surface area contributed by atoms with Gasteiger partial charge in [0, 0.05) is 43.5 Å². The third kappa shape index (κ3) is 3.81. The number of hydrogen-bond acceptors (Lipinski definition) is 4. The molecule has 2 aromatic carbocycles. The summed E-state index contributed by atoms with van der Waals surface area (Å²) >= 11 is 0. The zero-order valence-corrected chi connectivity index (χ0v) is 16.9. The minimum atomic E-state index is 0.651. The first-order valence-corrected chi connectivity index (χ1v) is 9.83. The number of anilines is 2. The van der Waals surface area contributed by atoms with E-state index < -0.39 is 0 Å². The van der Waals surface area contributed by atoms with E-state index in [1.807, 2.05) is 6.07 Å². The van der Waals surface area contributed by atoms with Crippen LogP contribution >= 0.6 is 0 Å². The number of aromatic nitrogens is 1. The van der Waals surface area contributed by atoms with E-state index >= 15 is 0 Å². The third-order valence-corrected chi connectivity index (χ3v) is 5.40. The van der Waals surface area contributed by atoms with Crippen LogP contribution in [0.5, 0.6) is 5.88 Å². The fourth-order valence-electron chi connectivity index (χ4n) is 3.69. The van der Waals surface area contributed by atoms with Crippen LogP contribution in [0.1, 0.15) is 11.1 Å². The lowest BCUT2D eigenvalue weighted by Gasteiger charge is -2.38. The fraction of sp³-hybridized carbons (Fsp3) is 0.292. The molecule has 28 heavy (non-hydrogen) atoms. The summed E-state index contributed by atoms with van der Waals surface area (Å²) in [6.45, 7) is 8.19. The maximum absolute atomic E-state index is 5.39. The smallest absolute Gasteiger partial charge is 0.213 e. The molecule has 0 atom stereocenters. The van der Waals surface area contributed by atoms with Gasteiger partial charge < -0.3 is 14.5 Å². The summed E-state index contributed by atoms with van der Waals surface area (Å²) in [4.78, 5) is 9.67. The van der Waals surface area contributed by atoms with Gasteiger partial charge in [-0.2, -0.15) is 0 Å². The third-order valence-electron chi connectivity index (χ3n) is 5.40. The summed E-state index contributed by atoms with van der Waals surface area (Å²) in [5, 5.41) is 0. The molecule has 4 heteroatoms. The van der Waals surface area contributed by atoms with E-state index in [-0.39, 0.29) is 0 Å². The standard InChI is InChI=1S/C24H27N3O/c1-18-4-8-20(9-5-18)24-22(12-13-23(25-24)28-3)27-16-14-26(15-17-27)21-10-6-19(2)7-11-21/h4-13H,14-17H2,1-3H3. The Labute approximate surface area is 167 Å². The first-order valence-electron chi connectivity index (χ1n) is 9.83.